The van der Waals surface area contributed by atoms with Crippen molar-refractivity contribution in [2.24, 2.45) is 0 Å². The Morgan fingerprint density at radius 2 is 1.00 bits per heavy atom. The van der Waals surface area contributed by atoms with Crippen molar-refractivity contribution in [1.29, 1.82) is 0 Å². The molecule has 0 spiro atoms. The Morgan fingerprint density at radius 3 is 1.25 bits per heavy atom. The van der Waals surface area contributed by atoms with Gasteiger partial charge in [0.25, 0.3) is 0 Å². The summed E-state index contributed by atoms with van der Waals surface area (Å²) in [6.07, 6.45) is 10.8. The normalized spacial score (nSPS) is 14.4. The predicted octanol–water partition coefficient (Wildman–Crippen LogP) is 1.11. The molecule has 2 heterocycles. The van der Waals surface area contributed by atoms with Crippen molar-refractivity contribution in [3.8, 4) is 47.7 Å². The van der Waals surface area contributed by atoms with E-state index in [0.717, 1.165) is 0 Å². The monoisotopic (exact) mass is 214 g/mol. The number of terminal acetylenes is 2. The van der Waals surface area contributed by atoms with Gasteiger partial charge in [-0.3, -0.25) is 0 Å². The molecule has 0 N–H and O–H groups in total. The lowest BCUT2D eigenvalue weighted by Gasteiger charge is -2.06. The Morgan fingerprint density at radius 1 is 0.688 bits per heavy atom. The van der Waals surface area contributed by atoms with Gasteiger partial charge in [-0.1, -0.05) is 11.8 Å². The van der Waals surface area contributed by atoms with Crippen LogP contribution >= 0.6 is 0 Å². The van der Waals surface area contributed by atoms with E-state index < -0.39 is 0 Å². The molecule has 0 bridgehead atoms. The molecular weight excluding hydrogens is 208 g/mol. The van der Waals surface area contributed by atoms with Crippen LogP contribution < -0.4 is 18.9 Å². The summed E-state index contributed by atoms with van der Waals surface area (Å²) in [6, 6.07) is 0. The molecule has 0 aromatic heterocycles. The predicted molar refractivity (Wildman–Crippen MR) is 54.6 cm³/mol. The van der Waals surface area contributed by atoms with E-state index >= 15 is 0 Å². The molecule has 2 aliphatic heterocycles. The van der Waals surface area contributed by atoms with Crippen LogP contribution in [0.2, 0.25) is 0 Å². The van der Waals surface area contributed by atoms with Gasteiger partial charge in [-0.25, -0.2) is 0 Å². The second-order valence-corrected chi connectivity index (χ2v) is 3.17. The number of benzene rings is 1. The van der Waals surface area contributed by atoms with Gasteiger partial charge in [0.2, 0.25) is 13.6 Å². The SMILES string of the molecule is C#Cc1c2c(c(C#C)c3c1OCO3)OCO2. The van der Waals surface area contributed by atoms with Gasteiger partial charge in [-0.2, -0.15) is 0 Å². The minimum Gasteiger partial charge on any atom is -0.452 e. The molecule has 2 aliphatic rings. The van der Waals surface area contributed by atoms with E-state index in [2.05, 4.69) is 11.8 Å². The molecule has 0 aliphatic carbocycles. The molecule has 3 rings (SSSR count). The summed E-state index contributed by atoms with van der Waals surface area (Å²) in [4.78, 5) is 0. The summed E-state index contributed by atoms with van der Waals surface area (Å²) in [7, 11) is 0. The number of fused-ring (bicyclic) bond motifs is 2. The molecule has 0 saturated carbocycles. The standard InChI is InChI=1S/C12H6O4/c1-3-7-9-11(15-5-13-9)8(4-2)12-10(7)14-6-16-12/h1-2H,5-6H2. The Balaban J connectivity index is 2.41. The zero-order valence-corrected chi connectivity index (χ0v) is 8.20. The average molecular weight is 214 g/mol. The molecule has 0 unspecified atom stereocenters. The summed E-state index contributed by atoms with van der Waals surface area (Å²) in [5, 5.41) is 0. The van der Waals surface area contributed by atoms with Gasteiger partial charge in [-0.05, 0) is 0 Å². The van der Waals surface area contributed by atoms with E-state index in [9.17, 15) is 0 Å². The van der Waals surface area contributed by atoms with Crippen LogP contribution in [0.15, 0.2) is 0 Å². The molecule has 1 aromatic carbocycles. The molecule has 0 saturated heterocycles. The van der Waals surface area contributed by atoms with Crippen molar-refractivity contribution in [2.45, 2.75) is 0 Å². The van der Waals surface area contributed by atoms with Gasteiger partial charge in [0.05, 0.1) is 0 Å². The van der Waals surface area contributed by atoms with E-state index in [0.29, 0.717) is 34.1 Å². The smallest absolute Gasteiger partial charge is 0.231 e. The highest BCUT2D eigenvalue weighted by Crippen LogP contribution is 2.51. The fourth-order valence-electron chi connectivity index (χ4n) is 1.77. The van der Waals surface area contributed by atoms with E-state index in [1.54, 1.807) is 0 Å². The minimum absolute atomic E-state index is 0.0988. The molecule has 0 amide bonds. The Labute approximate surface area is 92.1 Å². The van der Waals surface area contributed by atoms with E-state index in [4.69, 9.17) is 31.8 Å². The summed E-state index contributed by atoms with van der Waals surface area (Å²) in [5.41, 5.74) is 0.970. The maximum Gasteiger partial charge on any atom is 0.231 e. The highest BCUT2D eigenvalue weighted by atomic mass is 16.7. The van der Waals surface area contributed by atoms with Crippen LogP contribution in [0, 0.1) is 24.7 Å². The van der Waals surface area contributed by atoms with Gasteiger partial charge in [0.15, 0.2) is 23.0 Å². The van der Waals surface area contributed by atoms with Crippen molar-refractivity contribution < 1.29 is 18.9 Å². The first-order valence-electron chi connectivity index (χ1n) is 4.55. The quantitative estimate of drug-likeness (QED) is 0.606. The largest absolute Gasteiger partial charge is 0.452 e. The topological polar surface area (TPSA) is 36.9 Å². The summed E-state index contributed by atoms with van der Waals surface area (Å²) in [5.74, 6) is 6.83. The van der Waals surface area contributed by atoms with Crippen LogP contribution in [0.1, 0.15) is 11.1 Å². The van der Waals surface area contributed by atoms with E-state index in [1.807, 2.05) is 0 Å². The molecular formula is C12H6O4. The number of ether oxygens (including phenoxy) is 4. The lowest BCUT2D eigenvalue weighted by atomic mass is 10.1. The van der Waals surface area contributed by atoms with Crippen molar-refractivity contribution >= 4 is 0 Å². The van der Waals surface area contributed by atoms with Crippen molar-refractivity contribution in [3.63, 3.8) is 0 Å². The molecule has 78 valence electrons. The van der Waals surface area contributed by atoms with Gasteiger partial charge < -0.3 is 18.9 Å². The van der Waals surface area contributed by atoms with Crippen LogP contribution in [0.3, 0.4) is 0 Å². The average Bonchev–Trinajstić information content (AvgIpc) is 2.93. The first kappa shape index (κ1) is 8.82. The zero-order valence-electron chi connectivity index (χ0n) is 8.20. The van der Waals surface area contributed by atoms with Crippen molar-refractivity contribution in [2.75, 3.05) is 13.6 Å². The van der Waals surface area contributed by atoms with Crippen LogP contribution in [0.25, 0.3) is 0 Å². The molecule has 0 radical (unpaired) electrons. The second-order valence-electron chi connectivity index (χ2n) is 3.17. The number of rotatable bonds is 0. The Hall–Kier alpha value is -2.46. The summed E-state index contributed by atoms with van der Waals surface area (Å²) >= 11 is 0. The summed E-state index contributed by atoms with van der Waals surface area (Å²) < 4.78 is 21.2. The van der Waals surface area contributed by atoms with Crippen molar-refractivity contribution in [3.05, 3.63) is 11.1 Å². The van der Waals surface area contributed by atoms with E-state index in [1.165, 1.54) is 0 Å². The lowest BCUT2D eigenvalue weighted by molar-refractivity contribution is 0.165. The fraction of sp³-hybridized carbons (Fsp3) is 0.167. The molecule has 0 fully saturated rings. The van der Waals surface area contributed by atoms with Gasteiger partial charge in [0, 0.05) is 0 Å². The van der Waals surface area contributed by atoms with Crippen LogP contribution in [0.4, 0.5) is 0 Å². The zero-order chi connectivity index (χ0) is 11.1. The first-order chi connectivity index (χ1) is 7.86. The highest BCUT2D eigenvalue weighted by molar-refractivity contribution is 5.75. The molecule has 16 heavy (non-hydrogen) atoms. The maximum atomic E-state index is 5.41. The van der Waals surface area contributed by atoms with E-state index in [-0.39, 0.29) is 13.6 Å². The maximum absolute atomic E-state index is 5.41. The Bertz CT molecular complexity index is 476. The summed E-state index contributed by atoms with van der Waals surface area (Å²) in [6.45, 7) is 0.198. The third-order valence-electron chi connectivity index (χ3n) is 2.42. The number of hydrogen-bond donors (Lipinski definition) is 0. The van der Waals surface area contributed by atoms with Gasteiger partial charge in [-0.15, -0.1) is 12.8 Å². The molecule has 1 aromatic rings. The molecule has 0 atom stereocenters. The second kappa shape index (κ2) is 3.01. The van der Waals surface area contributed by atoms with Crippen LogP contribution in [-0.2, 0) is 0 Å². The minimum atomic E-state index is 0.0988. The van der Waals surface area contributed by atoms with Gasteiger partial charge in [0.1, 0.15) is 11.1 Å². The van der Waals surface area contributed by atoms with Crippen LogP contribution in [0.5, 0.6) is 23.0 Å². The Kier molecular flexibility index (Phi) is 1.66. The highest BCUT2D eigenvalue weighted by Gasteiger charge is 2.33. The molecule has 4 heteroatoms. The lowest BCUT2D eigenvalue weighted by Crippen LogP contribution is -1.96. The molecule has 4 nitrogen and oxygen atoms in total. The third kappa shape index (κ3) is 0.910. The van der Waals surface area contributed by atoms with Crippen molar-refractivity contribution in [1.82, 2.24) is 0 Å². The van der Waals surface area contributed by atoms with Gasteiger partial charge >= 0.3 is 0 Å². The fourth-order valence-corrected chi connectivity index (χ4v) is 1.77. The third-order valence-corrected chi connectivity index (χ3v) is 2.42. The first-order valence-corrected chi connectivity index (χ1v) is 4.55. The number of hydrogen-bond acceptors (Lipinski definition) is 4. The van der Waals surface area contributed by atoms with Crippen LogP contribution in [-0.4, -0.2) is 13.6 Å².